The highest BCUT2D eigenvalue weighted by atomic mass is 35.5. The Hall–Kier alpha value is -2.69. The van der Waals surface area contributed by atoms with Crippen LogP contribution in [0.15, 0.2) is 21.8 Å². The number of likely N-dealkylation sites (tertiary alicyclic amines) is 1. The van der Waals surface area contributed by atoms with Crippen LogP contribution in [0, 0.1) is 25.2 Å². The predicted molar refractivity (Wildman–Crippen MR) is 163 cm³/mol. The van der Waals surface area contributed by atoms with Crippen LogP contribution in [0.1, 0.15) is 72.6 Å². The van der Waals surface area contributed by atoms with Gasteiger partial charge in [0.25, 0.3) is 17.3 Å². The maximum atomic E-state index is 13.3. The van der Waals surface area contributed by atoms with Crippen molar-refractivity contribution in [3.63, 3.8) is 0 Å². The van der Waals surface area contributed by atoms with E-state index in [2.05, 4.69) is 20.5 Å². The molecule has 11 heteroatoms. The maximum absolute atomic E-state index is 13.3. The van der Waals surface area contributed by atoms with Gasteiger partial charge in [0.15, 0.2) is 11.5 Å². The number of pyridine rings is 1. The van der Waals surface area contributed by atoms with E-state index in [-0.39, 0.29) is 35.3 Å². The molecule has 1 unspecified atom stereocenters. The summed E-state index contributed by atoms with van der Waals surface area (Å²) in [6.45, 7) is 8.60. The zero-order chi connectivity index (χ0) is 29.8. The lowest BCUT2D eigenvalue weighted by Crippen LogP contribution is -2.47. The third-order valence-electron chi connectivity index (χ3n) is 9.79. The molecular formula is C31H39ClN4O5S. The molecule has 226 valence electrons. The Labute approximate surface area is 255 Å². The van der Waals surface area contributed by atoms with Gasteiger partial charge in [0.2, 0.25) is 5.91 Å². The number of benzene rings is 1. The standard InChI is InChI=1S/C31H39ClN4O5S/c1-17-11-24(42-4)22(29(39)35-17)14-33-28(38)21-12-23(32)27-26(18(21)2)40-30(3,41-27)19-5-7-20(8-6-19)36-10-9-31(16-36)13-25(37)34-15-31/h11-12,19-20H,5-10,13-16H2,1-4H3,(H,33,38)(H,34,37)(H,35,39)/t19?,20?,30-,31?/m1/s1. The molecule has 1 aromatic heterocycles. The number of fused-ring (bicyclic) bond motifs is 1. The molecule has 1 aromatic carbocycles. The first-order valence-corrected chi connectivity index (χ1v) is 16.4. The van der Waals surface area contributed by atoms with E-state index in [0.717, 1.165) is 62.3 Å². The van der Waals surface area contributed by atoms with Crippen LogP contribution in [0.5, 0.6) is 11.5 Å². The van der Waals surface area contributed by atoms with Crippen LogP contribution in [0.25, 0.3) is 0 Å². The number of carbonyl (C=O) groups excluding carboxylic acids is 2. The van der Waals surface area contributed by atoms with E-state index in [4.69, 9.17) is 21.1 Å². The lowest BCUT2D eigenvalue weighted by Gasteiger charge is -2.40. The average molecular weight is 615 g/mol. The highest BCUT2D eigenvalue weighted by Crippen LogP contribution is 2.52. The van der Waals surface area contributed by atoms with Crippen LogP contribution < -0.4 is 25.7 Å². The largest absolute Gasteiger partial charge is 0.448 e. The summed E-state index contributed by atoms with van der Waals surface area (Å²) < 4.78 is 12.9. The Morgan fingerprint density at radius 3 is 2.60 bits per heavy atom. The number of hydrogen-bond acceptors (Lipinski definition) is 7. The fraction of sp³-hybridized carbons (Fsp3) is 0.581. The predicted octanol–water partition coefficient (Wildman–Crippen LogP) is 4.56. The average Bonchev–Trinajstić information content (AvgIpc) is 3.67. The van der Waals surface area contributed by atoms with E-state index < -0.39 is 5.79 Å². The molecule has 9 nitrogen and oxygen atoms in total. The van der Waals surface area contributed by atoms with Crippen LogP contribution in [-0.4, -0.2) is 59.4 Å². The van der Waals surface area contributed by atoms with Gasteiger partial charge < -0.3 is 25.1 Å². The Bertz CT molecular complexity index is 1490. The molecule has 2 atom stereocenters. The molecule has 0 bridgehead atoms. The van der Waals surface area contributed by atoms with E-state index in [1.54, 1.807) is 6.07 Å². The quantitative estimate of drug-likeness (QED) is 0.409. The van der Waals surface area contributed by atoms with Gasteiger partial charge in [-0.25, -0.2) is 0 Å². The van der Waals surface area contributed by atoms with Crippen molar-refractivity contribution in [3.8, 4) is 11.5 Å². The summed E-state index contributed by atoms with van der Waals surface area (Å²) in [5, 5.41) is 6.25. The molecule has 3 fully saturated rings. The van der Waals surface area contributed by atoms with Crippen molar-refractivity contribution < 1.29 is 19.1 Å². The van der Waals surface area contributed by atoms with Crippen molar-refractivity contribution in [1.82, 2.24) is 20.5 Å². The van der Waals surface area contributed by atoms with E-state index in [1.165, 1.54) is 11.8 Å². The van der Waals surface area contributed by atoms with Gasteiger partial charge in [0.1, 0.15) is 0 Å². The minimum Gasteiger partial charge on any atom is -0.448 e. The number of ether oxygens (including phenoxy) is 2. The van der Waals surface area contributed by atoms with Gasteiger partial charge in [0.05, 0.1) is 5.02 Å². The molecule has 1 saturated carbocycles. The summed E-state index contributed by atoms with van der Waals surface area (Å²) in [5.41, 5.74) is 2.26. The number of H-pyrrole nitrogens is 1. The number of halogens is 1. The number of rotatable bonds is 6. The normalized spacial score (nSPS) is 28.8. The Kier molecular flexibility index (Phi) is 7.77. The van der Waals surface area contributed by atoms with Crippen LogP contribution in [0.2, 0.25) is 5.02 Å². The summed E-state index contributed by atoms with van der Waals surface area (Å²) >= 11 is 8.14. The molecule has 1 spiro atoms. The monoisotopic (exact) mass is 614 g/mol. The Morgan fingerprint density at radius 2 is 1.90 bits per heavy atom. The Balaban J connectivity index is 1.11. The highest BCUT2D eigenvalue weighted by molar-refractivity contribution is 7.98. The van der Waals surface area contributed by atoms with E-state index in [0.29, 0.717) is 45.7 Å². The molecule has 3 N–H and O–H groups in total. The molecule has 1 aliphatic carbocycles. The number of amides is 2. The zero-order valence-electron chi connectivity index (χ0n) is 24.7. The first-order valence-electron chi connectivity index (χ1n) is 14.8. The Morgan fingerprint density at radius 1 is 1.17 bits per heavy atom. The number of nitrogens with one attached hydrogen (secondary N) is 3. The highest BCUT2D eigenvalue weighted by Gasteiger charge is 2.50. The van der Waals surface area contributed by atoms with Gasteiger partial charge >= 0.3 is 0 Å². The summed E-state index contributed by atoms with van der Waals surface area (Å²) in [6.07, 6.45) is 7.67. The van der Waals surface area contributed by atoms with Gasteiger partial charge in [-0.1, -0.05) is 11.6 Å². The van der Waals surface area contributed by atoms with Gasteiger partial charge in [-0.3, -0.25) is 19.3 Å². The van der Waals surface area contributed by atoms with Crippen molar-refractivity contribution in [3.05, 3.63) is 49.9 Å². The molecule has 2 aromatic rings. The minimum absolute atomic E-state index is 0.0992. The third kappa shape index (κ3) is 5.30. The SMILES string of the molecule is CSc1cc(C)[nH]c(=O)c1CNC(=O)c1cc(Cl)c2c(c1C)O[C@@](C)(C1CCC(N3CCC4(CNC(=O)C4)C3)CC1)O2. The molecule has 2 saturated heterocycles. The second-order valence-corrected chi connectivity index (χ2v) is 13.9. The second kappa shape index (κ2) is 11.1. The molecule has 6 rings (SSSR count). The number of aromatic nitrogens is 1. The lowest BCUT2D eigenvalue weighted by atomic mass is 9.80. The number of thioether (sulfide) groups is 1. The molecule has 4 aliphatic rings. The second-order valence-electron chi connectivity index (χ2n) is 12.6. The summed E-state index contributed by atoms with van der Waals surface area (Å²) in [6, 6.07) is 4.04. The maximum Gasteiger partial charge on any atom is 0.254 e. The number of nitrogens with zero attached hydrogens (tertiary/aromatic N) is 1. The number of carbonyl (C=O) groups is 2. The van der Waals surface area contributed by atoms with Crippen molar-refractivity contribution >= 4 is 35.2 Å². The molecule has 2 amide bonds. The molecule has 42 heavy (non-hydrogen) atoms. The fourth-order valence-electron chi connectivity index (χ4n) is 7.33. The van der Waals surface area contributed by atoms with Crippen LogP contribution in [0.4, 0.5) is 0 Å². The van der Waals surface area contributed by atoms with E-state index in [9.17, 15) is 14.4 Å². The fourth-order valence-corrected chi connectivity index (χ4v) is 8.27. The number of aryl methyl sites for hydroxylation is 1. The van der Waals surface area contributed by atoms with Crippen LogP contribution in [-0.2, 0) is 11.3 Å². The van der Waals surface area contributed by atoms with Gasteiger partial charge in [-0.2, -0.15) is 0 Å². The molecule has 4 heterocycles. The van der Waals surface area contributed by atoms with Gasteiger partial charge in [-0.05, 0) is 70.9 Å². The van der Waals surface area contributed by atoms with Gasteiger partial charge in [0, 0.05) is 77.6 Å². The smallest absolute Gasteiger partial charge is 0.254 e. The molecular weight excluding hydrogens is 576 g/mol. The van der Waals surface area contributed by atoms with Crippen molar-refractivity contribution in [1.29, 1.82) is 0 Å². The van der Waals surface area contributed by atoms with Crippen molar-refractivity contribution in [2.45, 2.75) is 82.6 Å². The van der Waals surface area contributed by atoms with Crippen molar-refractivity contribution in [2.75, 3.05) is 25.9 Å². The molecule has 0 radical (unpaired) electrons. The van der Waals surface area contributed by atoms with E-state index in [1.807, 2.05) is 33.1 Å². The molecule has 3 aliphatic heterocycles. The van der Waals surface area contributed by atoms with Crippen molar-refractivity contribution in [2.24, 2.45) is 11.3 Å². The summed E-state index contributed by atoms with van der Waals surface area (Å²) in [7, 11) is 0. The first-order chi connectivity index (χ1) is 20.0. The number of hydrogen-bond donors (Lipinski definition) is 3. The van der Waals surface area contributed by atoms with E-state index >= 15 is 0 Å². The minimum atomic E-state index is -0.868. The lowest BCUT2D eigenvalue weighted by molar-refractivity contribution is -0.124. The van der Waals surface area contributed by atoms with Crippen LogP contribution >= 0.6 is 23.4 Å². The topological polar surface area (TPSA) is 113 Å². The summed E-state index contributed by atoms with van der Waals surface area (Å²) in [4.78, 5) is 43.9. The first kappa shape index (κ1) is 29.4. The summed E-state index contributed by atoms with van der Waals surface area (Å²) in [5.74, 6) is 0.158. The third-order valence-corrected chi connectivity index (χ3v) is 10.9. The zero-order valence-corrected chi connectivity index (χ0v) is 26.2. The van der Waals surface area contributed by atoms with Gasteiger partial charge in [-0.15, -0.1) is 11.8 Å². The van der Waals surface area contributed by atoms with Crippen LogP contribution in [0.3, 0.4) is 0 Å². The number of aromatic amines is 1.